The second-order valence-corrected chi connectivity index (χ2v) is 5.84. The molecule has 0 heterocycles. The van der Waals surface area contributed by atoms with Crippen LogP contribution in [0.1, 0.15) is 44.9 Å². The number of ether oxygens (including phenoxy) is 1. The van der Waals surface area contributed by atoms with Crippen molar-refractivity contribution >= 4 is 0 Å². The summed E-state index contributed by atoms with van der Waals surface area (Å²) in [6, 6.07) is 6.21. The van der Waals surface area contributed by atoms with Crippen LogP contribution in [0.15, 0.2) is 24.3 Å². The molecule has 20 heavy (non-hydrogen) atoms. The van der Waals surface area contributed by atoms with E-state index in [1.165, 1.54) is 44.2 Å². The lowest BCUT2D eigenvalue weighted by Gasteiger charge is -2.28. The summed E-state index contributed by atoms with van der Waals surface area (Å²) < 4.78 is 30.5. The summed E-state index contributed by atoms with van der Waals surface area (Å²) in [6.45, 7) is 0.545. The van der Waals surface area contributed by atoms with Crippen molar-refractivity contribution in [2.45, 2.75) is 44.9 Å². The van der Waals surface area contributed by atoms with E-state index < -0.39 is 0 Å². The summed E-state index contributed by atoms with van der Waals surface area (Å²) in [5.41, 5.74) is 0. The molecule has 0 radical (unpaired) electrons. The molecule has 1 nitrogen and oxygen atoms in total. The van der Waals surface area contributed by atoms with E-state index in [9.17, 15) is 8.78 Å². The first-order valence-electron chi connectivity index (χ1n) is 7.72. The van der Waals surface area contributed by atoms with Crippen molar-refractivity contribution in [1.29, 1.82) is 0 Å². The van der Waals surface area contributed by atoms with Crippen molar-refractivity contribution in [3.8, 4) is 5.75 Å². The molecule has 0 amide bonds. The fourth-order valence-electron chi connectivity index (χ4n) is 2.96. The van der Waals surface area contributed by atoms with Crippen molar-refractivity contribution in [3.05, 3.63) is 30.1 Å². The molecule has 1 fully saturated rings. The third-order valence-corrected chi connectivity index (χ3v) is 4.26. The van der Waals surface area contributed by atoms with Gasteiger partial charge in [-0.1, -0.05) is 25.7 Å². The van der Waals surface area contributed by atoms with E-state index in [1.54, 1.807) is 12.1 Å². The van der Waals surface area contributed by atoms with E-state index in [0.29, 0.717) is 12.3 Å². The first-order valence-corrected chi connectivity index (χ1v) is 7.72. The Bertz CT molecular complexity index is 369. The van der Waals surface area contributed by atoms with Gasteiger partial charge in [-0.2, -0.15) is 0 Å². The highest BCUT2D eigenvalue weighted by atomic mass is 19.1. The zero-order chi connectivity index (χ0) is 14.2. The van der Waals surface area contributed by atoms with Crippen molar-refractivity contribution in [3.63, 3.8) is 0 Å². The zero-order valence-electron chi connectivity index (χ0n) is 12.0. The smallest absolute Gasteiger partial charge is 0.123 e. The molecule has 1 aliphatic rings. The second kappa shape index (κ2) is 8.23. The summed E-state index contributed by atoms with van der Waals surface area (Å²) >= 11 is 0. The summed E-state index contributed by atoms with van der Waals surface area (Å²) in [6.07, 6.45) is 7.79. The van der Waals surface area contributed by atoms with Gasteiger partial charge in [-0.25, -0.2) is 4.39 Å². The van der Waals surface area contributed by atoms with E-state index in [0.717, 1.165) is 24.7 Å². The monoisotopic (exact) mass is 282 g/mol. The molecule has 2 rings (SSSR count). The van der Waals surface area contributed by atoms with Crippen LogP contribution >= 0.6 is 0 Å². The normalized spacial score (nSPS) is 22.7. The molecule has 0 aliphatic heterocycles. The van der Waals surface area contributed by atoms with Gasteiger partial charge in [0, 0.05) is 0 Å². The topological polar surface area (TPSA) is 9.23 Å². The Kier molecular flexibility index (Phi) is 6.28. The molecule has 1 aromatic carbocycles. The maximum absolute atomic E-state index is 12.8. The average Bonchev–Trinajstić information content (AvgIpc) is 2.48. The molecule has 112 valence electrons. The minimum absolute atomic E-state index is 0.180. The van der Waals surface area contributed by atoms with Gasteiger partial charge in [-0.15, -0.1) is 0 Å². The third kappa shape index (κ3) is 5.10. The number of hydrogen-bond acceptors (Lipinski definition) is 1. The molecule has 0 atom stereocenters. The minimum atomic E-state index is -0.230. The van der Waals surface area contributed by atoms with Crippen molar-refractivity contribution in [1.82, 2.24) is 0 Å². The Morgan fingerprint density at radius 1 is 0.950 bits per heavy atom. The number of unbranched alkanes of at least 4 members (excludes halogenated alkanes) is 1. The molecule has 3 heteroatoms. The van der Waals surface area contributed by atoms with Crippen LogP contribution in [0, 0.1) is 17.7 Å². The van der Waals surface area contributed by atoms with E-state index >= 15 is 0 Å². The van der Waals surface area contributed by atoms with Crippen LogP contribution < -0.4 is 4.74 Å². The van der Waals surface area contributed by atoms with Crippen molar-refractivity contribution in [2.24, 2.45) is 11.8 Å². The Morgan fingerprint density at radius 2 is 1.60 bits per heavy atom. The standard InChI is InChI=1S/C17H24F2O/c18-12-2-1-3-14-4-6-15(7-5-14)13-20-17-10-8-16(19)9-11-17/h8-11,14-15H,1-7,12-13H2. The van der Waals surface area contributed by atoms with Gasteiger partial charge < -0.3 is 4.74 Å². The van der Waals surface area contributed by atoms with Gasteiger partial charge in [-0.3, -0.25) is 4.39 Å². The predicted octanol–water partition coefficient (Wildman–Crippen LogP) is 5.15. The van der Waals surface area contributed by atoms with E-state index in [4.69, 9.17) is 4.74 Å². The minimum Gasteiger partial charge on any atom is -0.493 e. The van der Waals surface area contributed by atoms with E-state index in [-0.39, 0.29) is 12.5 Å². The average molecular weight is 282 g/mol. The number of benzene rings is 1. The lowest BCUT2D eigenvalue weighted by molar-refractivity contribution is 0.177. The first-order chi connectivity index (χ1) is 9.78. The maximum Gasteiger partial charge on any atom is 0.123 e. The van der Waals surface area contributed by atoms with Gasteiger partial charge in [0.2, 0.25) is 0 Å². The van der Waals surface area contributed by atoms with Crippen LogP contribution in [0.5, 0.6) is 5.75 Å². The van der Waals surface area contributed by atoms with Crippen molar-refractivity contribution in [2.75, 3.05) is 13.3 Å². The van der Waals surface area contributed by atoms with Crippen LogP contribution in [0.3, 0.4) is 0 Å². The highest BCUT2D eigenvalue weighted by molar-refractivity contribution is 5.22. The van der Waals surface area contributed by atoms with Gasteiger partial charge >= 0.3 is 0 Å². The Balaban J connectivity index is 1.63. The van der Waals surface area contributed by atoms with Crippen LogP contribution in [0.25, 0.3) is 0 Å². The lowest BCUT2D eigenvalue weighted by Crippen LogP contribution is -2.20. The largest absolute Gasteiger partial charge is 0.493 e. The van der Waals surface area contributed by atoms with Gasteiger partial charge in [0.1, 0.15) is 11.6 Å². The van der Waals surface area contributed by atoms with E-state index in [2.05, 4.69) is 0 Å². The lowest BCUT2D eigenvalue weighted by atomic mass is 9.80. The molecule has 1 aromatic rings. The fourth-order valence-corrected chi connectivity index (χ4v) is 2.96. The molecule has 0 spiro atoms. The molecule has 0 aromatic heterocycles. The molecule has 1 aliphatic carbocycles. The molecular weight excluding hydrogens is 258 g/mol. The highest BCUT2D eigenvalue weighted by Gasteiger charge is 2.21. The predicted molar refractivity (Wildman–Crippen MR) is 77.2 cm³/mol. The second-order valence-electron chi connectivity index (χ2n) is 5.84. The Hall–Kier alpha value is -1.12. The number of rotatable bonds is 7. The summed E-state index contributed by atoms with van der Waals surface area (Å²) in [5, 5.41) is 0. The van der Waals surface area contributed by atoms with Gasteiger partial charge in [0.25, 0.3) is 0 Å². The zero-order valence-corrected chi connectivity index (χ0v) is 12.0. The number of hydrogen-bond donors (Lipinski definition) is 0. The Labute approximate surface area is 120 Å². The molecule has 0 N–H and O–H groups in total. The SMILES string of the molecule is FCCCCC1CCC(COc2ccc(F)cc2)CC1. The summed E-state index contributed by atoms with van der Waals surface area (Å²) in [4.78, 5) is 0. The molecule has 0 saturated heterocycles. The molecule has 1 saturated carbocycles. The fraction of sp³-hybridized carbons (Fsp3) is 0.647. The van der Waals surface area contributed by atoms with Crippen LogP contribution in [-0.2, 0) is 0 Å². The Morgan fingerprint density at radius 3 is 2.25 bits per heavy atom. The number of halogens is 2. The summed E-state index contributed by atoms with van der Waals surface area (Å²) in [7, 11) is 0. The van der Waals surface area contributed by atoms with Crippen LogP contribution in [0.2, 0.25) is 0 Å². The maximum atomic E-state index is 12.8. The van der Waals surface area contributed by atoms with Crippen LogP contribution in [-0.4, -0.2) is 13.3 Å². The quantitative estimate of drug-likeness (QED) is 0.628. The van der Waals surface area contributed by atoms with Gasteiger partial charge in [0.05, 0.1) is 13.3 Å². The molecular formula is C17H24F2O. The van der Waals surface area contributed by atoms with Crippen LogP contribution in [0.4, 0.5) is 8.78 Å². The van der Waals surface area contributed by atoms with Gasteiger partial charge in [0.15, 0.2) is 0 Å². The molecule has 0 unspecified atom stereocenters. The first kappa shape index (κ1) is 15.3. The van der Waals surface area contributed by atoms with Crippen molar-refractivity contribution < 1.29 is 13.5 Å². The summed E-state index contributed by atoms with van der Waals surface area (Å²) in [5.74, 6) is 1.91. The van der Waals surface area contributed by atoms with Gasteiger partial charge in [-0.05, 0) is 55.4 Å². The number of alkyl halides is 1. The van der Waals surface area contributed by atoms with E-state index in [1.807, 2.05) is 0 Å². The third-order valence-electron chi connectivity index (χ3n) is 4.26. The molecule has 0 bridgehead atoms. The highest BCUT2D eigenvalue weighted by Crippen LogP contribution is 2.32.